The van der Waals surface area contributed by atoms with E-state index < -0.39 is 5.82 Å². The first-order chi connectivity index (χ1) is 5.27. The first kappa shape index (κ1) is 6.54. The quantitative estimate of drug-likeness (QED) is 0.656. The van der Waals surface area contributed by atoms with Crippen LogP contribution in [0.15, 0.2) is 12.3 Å². The van der Waals surface area contributed by atoms with Crippen LogP contribution >= 0.6 is 11.6 Å². The molecule has 1 N–H and O–H groups in total. The third-order valence-electron chi connectivity index (χ3n) is 1.33. The van der Waals surface area contributed by atoms with Crippen LogP contribution < -0.4 is 0 Å². The molecular weight excluding hydrogens is 169 g/mol. The minimum absolute atomic E-state index is 0.312. The van der Waals surface area contributed by atoms with Crippen molar-refractivity contribution in [3.05, 3.63) is 23.2 Å². The summed E-state index contributed by atoms with van der Waals surface area (Å²) in [6.07, 6.45) is 1.10. The van der Waals surface area contributed by atoms with Crippen LogP contribution in [0.3, 0.4) is 0 Å². The molecule has 2 aromatic rings. The molecule has 0 atom stereocenters. The van der Waals surface area contributed by atoms with Crippen LogP contribution in [0, 0.1) is 5.82 Å². The first-order valence-electron chi connectivity index (χ1n) is 2.92. The van der Waals surface area contributed by atoms with Crippen LogP contribution in [0.5, 0.6) is 0 Å². The number of hydrogen-bond acceptors (Lipinski definition) is 2. The molecule has 0 spiro atoms. The lowest BCUT2D eigenvalue weighted by atomic mass is 10.3. The van der Waals surface area contributed by atoms with E-state index in [1.807, 2.05) is 0 Å². The van der Waals surface area contributed by atoms with Gasteiger partial charge in [-0.15, -0.1) is 0 Å². The highest BCUT2D eigenvalue weighted by molar-refractivity contribution is 6.34. The second-order valence-electron chi connectivity index (χ2n) is 2.06. The van der Waals surface area contributed by atoms with Crippen molar-refractivity contribution < 1.29 is 4.39 Å². The Hall–Kier alpha value is -1.16. The van der Waals surface area contributed by atoms with E-state index in [9.17, 15) is 4.39 Å². The average Bonchev–Trinajstić information content (AvgIpc) is 2.33. The summed E-state index contributed by atoms with van der Waals surface area (Å²) in [5.41, 5.74) is 0.427. The highest BCUT2D eigenvalue weighted by atomic mass is 35.5. The number of pyridine rings is 1. The lowest BCUT2D eigenvalue weighted by Gasteiger charge is -1.86. The molecule has 0 radical (unpaired) electrons. The van der Waals surface area contributed by atoms with Crippen LogP contribution in [-0.2, 0) is 0 Å². The molecule has 0 saturated carbocycles. The molecule has 0 aliphatic carbocycles. The summed E-state index contributed by atoms with van der Waals surface area (Å²) in [7, 11) is 0. The average molecular weight is 172 g/mol. The smallest absolute Gasteiger partial charge is 0.182 e. The number of hydrogen-bond donors (Lipinski definition) is 1. The van der Waals surface area contributed by atoms with E-state index in [0.29, 0.717) is 16.2 Å². The normalized spacial score (nSPS) is 10.7. The van der Waals surface area contributed by atoms with Crippen molar-refractivity contribution in [3.8, 4) is 0 Å². The number of fused-ring (bicyclic) bond motifs is 1. The molecule has 2 aromatic heterocycles. The van der Waals surface area contributed by atoms with Gasteiger partial charge in [-0.25, -0.2) is 9.37 Å². The fourth-order valence-corrected chi connectivity index (χ4v) is 1.03. The maximum atomic E-state index is 12.5. The van der Waals surface area contributed by atoms with Crippen molar-refractivity contribution in [2.24, 2.45) is 0 Å². The number of nitrogens with one attached hydrogen (secondary N) is 1. The Labute approximate surface area is 66.2 Å². The van der Waals surface area contributed by atoms with Crippen molar-refractivity contribution in [2.75, 3.05) is 0 Å². The molecule has 56 valence electrons. The van der Waals surface area contributed by atoms with E-state index >= 15 is 0 Å². The summed E-state index contributed by atoms with van der Waals surface area (Å²) in [5.74, 6) is -0.416. The van der Waals surface area contributed by atoms with Crippen LogP contribution in [-0.4, -0.2) is 15.2 Å². The van der Waals surface area contributed by atoms with E-state index in [4.69, 9.17) is 11.6 Å². The van der Waals surface area contributed by atoms with E-state index in [-0.39, 0.29) is 0 Å². The highest BCUT2D eigenvalue weighted by Gasteiger charge is 2.03. The van der Waals surface area contributed by atoms with Crippen molar-refractivity contribution in [1.29, 1.82) is 0 Å². The fourth-order valence-electron chi connectivity index (χ4n) is 0.845. The molecule has 0 aromatic carbocycles. The van der Waals surface area contributed by atoms with E-state index in [0.717, 1.165) is 6.20 Å². The van der Waals surface area contributed by atoms with Gasteiger partial charge in [0.05, 0.1) is 11.6 Å². The lowest BCUT2D eigenvalue weighted by molar-refractivity contribution is 0.624. The molecule has 0 amide bonds. The second kappa shape index (κ2) is 2.17. The van der Waals surface area contributed by atoms with Crippen LogP contribution in [0.1, 0.15) is 0 Å². The van der Waals surface area contributed by atoms with Crippen molar-refractivity contribution in [1.82, 2.24) is 15.2 Å². The predicted molar refractivity (Wildman–Crippen MR) is 38.9 cm³/mol. The van der Waals surface area contributed by atoms with E-state index in [1.165, 1.54) is 6.07 Å². The van der Waals surface area contributed by atoms with Gasteiger partial charge >= 0.3 is 0 Å². The van der Waals surface area contributed by atoms with Crippen LogP contribution in [0.2, 0.25) is 5.15 Å². The molecule has 0 aliphatic rings. The zero-order valence-electron chi connectivity index (χ0n) is 5.31. The summed E-state index contributed by atoms with van der Waals surface area (Å²) in [6, 6.07) is 1.29. The molecule has 0 unspecified atom stereocenters. The Bertz CT molecular complexity index is 398. The molecule has 0 saturated heterocycles. The van der Waals surface area contributed by atoms with Gasteiger partial charge in [0.25, 0.3) is 0 Å². The summed E-state index contributed by atoms with van der Waals surface area (Å²) in [5, 5.41) is 7.03. The van der Waals surface area contributed by atoms with Crippen molar-refractivity contribution >= 4 is 22.6 Å². The maximum absolute atomic E-state index is 12.5. The molecule has 0 fully saturated rings. The summed E-state index contributed by atoms with van der Waals surface area (Å²) in [6.45, 7) is 0. The summed E-state index contributed by atoms with van der Waals surface area (Å²) < 4.78 is 12.5. The van der Waals surface area contributed by atoms with Gasteiger partial charge in [0.1, 0.15) is 11.0 Å². The van der Waals surface area contributed by atoms with Crippen LogP contribution in [0.25, 0.3) is 11.0 Å². The first-order valence-corrected chi connectivity index (χ1v) is 3.30. The van der Waals surface area contributed by atoms with E-state index in [1.54, 1.807) is 0 Å². The van der Waals surface area contributed by atoms with Gasteiger partial charge in [0.15, 0.2) is 5.65 Å². The van der Waals surface area contributed by atoms with Gasteiger partial charge in [0.2, 0.25) is 0 Å². The number of aromatic nitrogens is 3. The molecule has 3 nitrogen and oxygen atoms in total. The topological polar surface area (TPSA) is 41.6 Å². The lowest BCUT2D eigenvalue weighted by Crippen LogP contribution is -1.78. The number of nitrogens with zero attached hydrogens (tertiary/aromatic N) is 2. The summed E-state index contributed by atoms with van der Waals surface area (Å²) in [4.78, 5) is 3.70. The molecule has 2 heterocycles. The molecule has 0 bridgehead atoms. The SMILES string of the molecule is Fc1cnc2n[nH]c(Cl)c2c1. The van der Waals surface area contributed by atoms with Gasteiger partial charge in [-0.05, 0) is 6.07 Å². The highest BCUT2D eigenvalue weighted by Crippen LogP contribution is 2.18. The largest absolute Gasteiger partial charge is 0.264 e. The Kier molecular flexibility index (Phi) is 1.29. The molecule has 11 heavy (non-hydrogen) atoms. The Morgan fingerprint density at radius 3 is 3.18 bits per heavy atom. The second-order valence-corrected chi connectivity index (χ2v) is 2.44. The van der Waals surface area contributed by atoms with Gasteiger partial charge < -0.3 is 0 Å². The Morgan fingerprint density at radius 1 is 1.55 bits per heavy atom. The Morgan fingerprint density at radius 2 is 2.36 bits per heavy atom. The Balaban J connectivity index is 2.87. The van der Waals surface area contributed by atoms with Gasteiger partial charge in [0, 0.05) is 0 Å². The minimum atomic E-state index is -0.416. The molecule has 2 rings (SSSR count). The minimum Gasteiger partial charge on any atom is -0.264 e. The van der Waals surface area contributed by atoms with Gasteiger partial charge in [-0.1, -0.05) is 11.6 Å². The fraction of sp³-hybridized carbons (Fsp3) is 0. The molecule has 0 aliphatic heterocycles. The molecule has 5 heteroatoms. The van der Waals surface area contributed by atoms with Crippen LogP contribution in [0.4, 0.5) is 4.39 Å². The summed E-state index contributed by atoms with van der Waals surface area (Å²) >= 11 is 5.62. The number of rotatable bonds is 0. The molecular formula is C6H3ClFN3. The van der Waals surface area contributed by atoms with Crippen molar-refractivity contribution in [2.45, 2.75) is 0 Å². The standard InChI is InChI=1S/C6H3ClFN3/c7-5-4-1-3(8)2-9-6(4)11-10-5/h1-2H,(H,9,10,11). The zero-order chi connectivity index (χ0) is 7.84. The number of H-pyrrole nitrogens is 1. The maximum Gasteiger partial charge on any atom is 0.182 e. The number of halogens is 2. The van der Waals surface area contributed by atoms with Gasteiger partial charge in [-0.2, -0.15) is 5.10 Å². The third-order valence-corrected chi connectivity index (χ3v) is 1.62. The third kappa shape index (κ3) is 0.952. The van der Waals surface area contributed by atoms with Gasteiger partial charge in [-0.3, -0.25) is 5.10 Å². The number of aromatic amines is 1. The zero-order valence-corrected chi connectivity index (χ0v) is 6.06. The van der Waals surface area contributed by atoms with Crippen molar-refractivity contribution in [3.63, 3.8) is 0 Å². The monoisotopic (exact) mass is 171 g/mol. The predicted octanol–water partition coefficient (Wildman–Crippen LogP) is 1.75. The van der Waals surface area contributed by atoms with E-state index in [2.05, 4.69) is 15.2 Å².